The number of aliphatic hydroxyl groups is 1. The molecule has 2 saturated carbocycles. The number of nitrogens with two attached hydrogens (primary N) is 1. The third-order valence-electron chi connectivity index (χ3n) is 10.5. The molecule has 1 amide bonds. The lowest BCUT2D eigenvalue weighted by Gasteiger charge is -2.52. The summed E-state index contributed by atoms with van der Waals surface area (Å²) in [6.45, 7) is 6.78. The van der Waals surface area contributed by atoms with Crippen molar-refractivity contribution < 1.29 is 47.8 Å². The molecule has 6 atom stereocenters. The third kappa shape index (κ3) is 6.76. The normalized spacial score (nSPS) is 26.3. The Morgan fingerprint density at radius 1 is 1.02 bits per heavy atom. The Kier molecular flexibility index (Phi) is 11.5. The van der Waals surface area contributed by atoms with E-state index in [1.54, 1.807) is 38.7 Å². The number of hydrogen-bond acceptors (Lipinski definition) is 11. The molecule has 14 heteroatoms. The van der Waals surface area contributed by atoms with Gasteiger partial charge >= 0.3 is 7.75 Å². The number of hydrogen-bond donors (Lipinski definition) is 3. The Morgan fingerprint density at radius 3 is 2.31 bits per heavy atom. The summed E-state index contributed by atoms with van der Waals surface area (Å²) in [7, 11) is -0.508. The number of phenolic OH excluding ortho intramolecular Hbond substituents is 1. The number of carbonyl (C=O) groups excluding carboxylic acids is 5. The van der Waals surface area contributed by atoms with Crippen molar-refractivity contribution in [1.29, 1.82) is 0 Å². The van der Waals surface area contributed by atoms with Crippen LogP contribution in [0.25, 0.3) is 11.1 Å². The Labute approximate surface area is 298 Å². The van der Waals surface area contributed by atoms with Gasteiger partial charge < -0.3 is 15.9 Å². The molecule has 0 saturated heterocycles. The number of rotatable bonds is 14. The lowest BCUT2D eigenvalue weighted by Crippen LogP contribution is -2.74. The Morgan fingerprint density at radius 2 is 1.71 bits per heavy atom. The monoisotopic (exact) mass is 725 g/mol. The minimum atomic E-state index is -3.60. The molecule has 0 radical (unpaired) electrons. The summed E-state index contributed by atoms with van der Waals surface area (Å²) in [6.07, 6.45) is 2.79. The van der Waals surface area contributed by atoms with Crippen LogP contribution in [0.2, 0.25) is 0 Å². The molecular formula is C37H48N3O10P. The molecule has 0 aromatic heterocycles. The number of primary amides is 1. The second-order valence-corrected chi connectivity index (χ2v) is 15.9. The van der Waals surface area contributed by atoms with Gasteiger partial charge in [-0.15, -0.1) is 0 Å². The quantitative estimate of drug-likeness (QED) is 0.146. The first-order chi connectivity index (χ1) is 24.2. The van der Waals surface area contributed by atoms with Crippen LogP contribution in [0.4, 0.5) is 0 Å². The van der Waals surface area contributed by atoms with Crippen LogP contribution >= 0.6 is 7.75 Å². The van der Waals surface area contributed by atoms with E-state index in [1.165, 1.54) is 11.0 Å². The zero-order valence-corrected chi connectivity index (χ0v) is 30.7. The van der Waals surface area contributed by atoms with Crippen LogP contribution in [0.5, 0.6) is 5.75 Å². The van der Waals surface area contributed by atoms with Crippen LogP contribution in [-0.2, 0) is 45.8 Å². The maximum Gasteiger partial charge on any atom is 0.408 e. The molecular weight excluding hydrogens is 677 g/mol. The molecule has 5 rings (SSSR count). The van der Waals surface area contributed by atoms with Crippen molar-refractivity contribution in [3.8, 4) is 16.9 Å². The van der Waals surface area contributed by atoms with Crippen molar-refractivity contribution in [2.75, 3.05) is 33.9 Å². The van der Waals surface area contributed by atoms with Gasteiger partial charge in [0.15, 0.2) is 34.7 Å². The van der Waals surface area contributed by atoms with Gasteiger partial charge in [0.05, 0.1) is 30.7 Å². The summed E-state index contributed by atoms with van der Waals surface area (Å²) in [5, 5.41) is 22.9. The predicted molar refractivity (Wildman–Crippen MR) is 188 cm³/mol. The van der Waals surface area contributed by atoms with Crippen LogP contribution in [0, 0.1) is 23.7 Å². The molecule has 51 heavy (non-hydrogen) atoms. The molecule has 4 N–H and O–H groups in total. The van der Waals surface area contributed by atoms with Crippen molar-refractivity contribution in [2.24, 2.45) is 29.4 Å². The number of likely N-dealkylation sites (N-methyl/N-ethyl adjacent to an activating group) is 1. The van der Waals surface area contributed by atoms with Gasteiger partial charge in [0.25, 0.3) is 0 Å². The van der Waals surface area contributed by atoms with Crippen LogP contribution in [0.1, 0.15) is 67.9 Å². The summed E-state index contributed by atoms with van der Waals surface area (Å²) < 4.78 is 27.0. The summed E-state index contributed by atoms with van der Waals surface area (Å²) in [5.74, 6) is -11.0. The third-order valence-corrected chi connectivity index (χ3v) is 12.7. The number of amides is 1. The van der Waals surface area contributed by atoms with Gasteiger partial charge in [0.1, 0.15) is 5.75 Å². The second kappa shape index (κ2) is 15.2. The van der Waals surface area contributed by atoms with Crippen LogP contribution < -0.4 is 5.73 Å². The second-order valence-electron chi connectivity index (χ2n) is 13.9. The number of benzene rings is 2. The maximum absolute atomic E-state index is 14.2. The van der Waals surface area contributed by atoms with Gasteiger partial charge in [-0.2, -0.15) is 0 Å². The smallest absolute Gasteiger partial charge is 0.408 e. The van der Waals surface area contributed by atoms with Crippen LogP contribution in [0.15, 0.2) is 36.4 Å². The molecule has 3 aliphatic carbocycles. The average molecular weight is 726 g/mol. The van der Waals surface area contributed by atoms with E-state index in [1.807, 2.05) is 24.3 Å². The van der Waals surface area contributed by atoms with Gasteiger partial charge in [-0.05, 0) is 87.5 Å². The topological polar surface area (TPSA) is 194 Å². The number of ketones is 4. The first-order valence-electron chi connectivity index (χ1n) is 17.6. The lowest BCUT2D eigenvalue weighted by atomic mass is 9.52. The molecule has 2 aromatic carbocycles. The zero-order chi connectivity index (χ0) is 37.4. The van der Waals surface area contributed by atoms with Crippen molar-refractivity contribution >= 4 is 36.8 Å². The number of phenols is 1. The Bertz CT molecular complexity index is 1770. The Hall–Kier alpha value is -3.58. The van der Waals surface area contributed by atoms with E-state index in [2.05, 4.69) is 6.92 Å². The molecule has 0 bridgehead atoms. The van der Waals surface area contributed by atoms with Crippen molar-refractivity contribution in [2.45, 2.75) is 71.1 Å². The molecule has 2 aromatic rings. The maximum atomic E-state index is 14.2. The minimum Gasteiger partial charge on any atom is -0.507 e. The van der Waals surface area contributed by atoms with E-state index < -0.39 is 72.1 Å². The molecule has 3 aliphatic rings. The number of Topliss-reactive ketones (excluding diaryl/α,β-unsaturated/α-hetero) is 4. The van der Waals surface area contributed by atoms with E-state index in [-0.39, 0.29) is 43.9 Å². The van der Waals surface area contributed by atoms with E-state index in [0.717, 1.165) is 24.8 Å². The van der Waals surface area contributed by atoms with Crippen molar-refractivity contribution in [3.05, 3.63) is 53.1 Å². The number of fused-ring (bicyclic) bond motifs is 3. The van der Waals surface area contributed by atoms with Gasteiger partial charge in [-0.3, -0.25) is 37.9 Å². The van der Waals surface area contributed by atoms with Gasteiger partial charge in [-0.25, -0.2) is 9.24 Å². The molecule has 2 fully saturated rings. The molecule has 0 heterocycles. The largest absolute Gasteiger partial charge is 0.507 e. The summed E-state index contributed by atoms with van der Waals surface area (Å²) in [4.78, 5) is 69.1. The number of nitrogens with zero attached hydrogens (tertiary/aromatic N) is 2. The molecule has 13 nitrogen and oxygen atoms in total. The Balaban J connectivity index is 1.55. The predicted octanol–water partition coefficient (Wildman–Crippen LogP) is 3.71. The highest BCUT2D eigenvalue weighted by atomic mass is 31.2. The van der Waals surface area contributed by atoms with Gasteiger partial charge in [0, 0.05) is 19.0 Å². The van der Waals surface area contributed by atoms with Crippen molar-refractivity contribution in [1.82, 2.24) is 9.57 Å². The number of unbranched alkanes of at least 4 members (excludes halogenated alkanes) is 2. The highest BCUT2D eigenvalue weighted by molar-refractivity contribution is 7.51. The fourth-order valence-corrected chi connectivity index (χ4v) is 10.1. The number of aromatic hydroxyl groups is 1. The zero-order valence-electron chi connectivity index (χ0n) is 29.8. The highest BCUT2D eigenvalue weighted by Crippen LogP contribution is 2.54. The highest BCUT2D eigenvalue weighted by Gasteiger charge is 2.69. The summed E-state index contributed by atoms with van der Waals surface area (Å²) in [6, 6.07) is 9.38. The lowest BCUT2D eigenvalue weighted by molar-refractivity contribution is -0.181. The average Bonchev–Trinajstić information content (AvgIpc) is 3.06. The fraction of sp³-hybridized carbons (Fsp3) is 0.541. The standard InChI is InChI=1S/C37H48N3O10P/c1-6-9-10-16-40(51(48,49-7-2)50-8-3)20-21-12-11-13-22(17-21)24-14-15-27(41)29-25(24)18-23-19-26-31(39(4)5)33(43)30(36(38)46)35(45)37(26,47)34(44)28(23)32(29)42/h11-15,17,23,26,28,30-31,41,47H,6-10,16,18-20H2,1-5H3,(H2,38,46)/t23-,26-,28?,30?,31-,37-/m0/s1. The first-order valence-corrected chi connectivity index (χ1v) is 19.1. The van der Waals surface area contributed by atoms with Crippen LogP contribution in [-0.4, -0.2) is 94.3 Å². The van der Waals surface area contributed by atoms with E-state index in [4.69, 9.17) is 14.8 Å². The van der Waals surface area contributed by atoms with E-state index in [0.29, 0.717) is 23.2 Å². The van der Waals surface area contributed by atoms with Crippen molar-refractivity contribution in [3.63, 3.8) is 0 Å². The SMILES string of the molecule is CCCCCN(Cc1cccc(-c2ccc(O)c3c2C[C@H]2C[C@H]4[C@H](N(C)C)C(=O)C(C(N)=O)C(=O)[C@@]4(O)C(=O)C2C3=O)c1)P(=O)(OCC)OCC. The van der Waals surface area contributed by atoms with Gasteiger partial charge in [0.2, 0.25) is 5.91 Å². The molecule has 2 unspecified atom stereocenters. The fourth-order valence-electron chi connectivity index (χ4n) is 8.28. The molecule has 276 valence electrons. The first kappa shape index (κ1) is 38.6. The summed E-state index contributed by atoms with van der Waals surface area (Å²) in [5.41, 5.74) is 5.19. The van der Waals surface area contributed by atoms with E-state index >= 15 is 0 Å². The van der Waals surface area contributed by atoms with Gasteiger partial charge in [-0.1, -0.05) is 44.0 Å². The molecule has 0 spiro atoms. The minimum absolute atomic E-state index is 0.0457. The summed E-state index contributed by atoms with van der Waals surface area (Å²) >= 11 is 0. The molecule has 0 aliphatic heterocycles. The van der Waals surface area contributed by atoms with Crippen LogP contribution in [0.3, 0.4) is 0 Å². The number of carbonyl (C=O) groups is 5. The van der Waals surface area contributed by atoms with E-state index in [9.17, 15) is 38.8 Å².